The zero-order valence-electron chi connectivity index (χ0n) is 33.8. The van der Waals surface area contributed by atoms with Gasteiger partial charge in [0.05, 0.1) is 66.5 Å². The summed E-state index contributed by atoms with van der Waals surface area (Å²) in [5.41, 5.74) is 18.6. The standard InChI is InChI=1S/C56H35N7/c1-3-14-36(15-4-1)38-26-30-50-53(32-38)60(55-57-45-21-8-11-24-48(45)62(50)55)41-19-13-18-40(34-41)59-47-23-10-7-20-43(47)44-29-28-42(35-52(44)59)61-54-33-39(37-16-5-2-6-17-37)27-31-51(54)63-49-25-12-9-22-46(49)58-56(61)63/h1-35H. The van der Waals surface area contributed by atoms with Crippen LogP contribution >= 0.6 is 0 Å². The highest BCUT2D eigenvalue weighted by Crippen LogP contribution is 2.38. The maximum atomic E-state index is 5.27. The lowest BCUT2D eigenvalue weighted by molar-refractivity contribution is 1.09. The van der Waals surface area contributed by atoms with Gasteiger partial charge in [-0.05, 0) is 107 Å². The molecule has 294 valence electrons. The van der Waals surface area contributed by atoms with E-state index in [0.717, 1.165) is 94.9 Å². The number of nitrogens with zero attached hydrogens (tertiary/aromatic N) is 7. The van der Waals surface area contributed by atoms with Gasteiger partial charge >= 0.3 is 0 Å². The van der Waals surface area contributed by atoms with Gasteiger partial charge in [0.1, 0.15) is 0 Å². The highest BCUT2D eigenvalue weighted by molar-refractivity contribution is 6.10. The van der Waals surface area contributed by atoms with E-state index in [9.17, 15) is 0 Å². The predicted octanol–water partition coefficient (Wildman–Crippen LogP) is 13.6. The molecule has 14 aromatic rings. The normalized spacial score (nSPS) is 12.1. The maximum Gasteiger partial charge on any atom is 0.220 e. The molecule has 7 heteroatoms. The molecular weight excluding hydrogens is 771 g/mol. The Labute approximate surface area is 360 Å². The van der Waals surface area contributed by atoms with Crippen LogP contribution in [0.4, 0.5) is 0 Å². The van der Waals surface area contributed by atoms with Crippen molar-refractivity contribution in [1.82, 2.24) is 32.5 Å². The molecule has 9 aromatic carbocycles. The van der Waals surface area contributed by atoms with Crippen LogP contribution < -0.4 is 0 Å². The summed E-state index contributed by atoms with van der Waals surface area (Å²) in [6.07, 6.45) is 0. The summed E-state index contributed by atoms with van der Waals surface area (Å²) in [5.74, 6) is 1.76. The van der Waals surface area contributed by atoms with E-state index in [2.05, 4.69) is 235 Å². The lowest BCUT2D eigenvalue weighted by atomic mass is 10.1. The van der Waals surface area contributed by atoms with Gasteiger partial charge in [0.2, 0.25) is 11.6 Å². The first-order chi connectivity index (χ1) is 31.2. The second-order valence-electron chi connectivity index (χ2n) is 16.4. The molecule has 0 aliphatic rings. The first-order valence-electron chi connectivity index (χ1n) is 21.3. The van der Waals surface area contributed by atoms with Crippen molar-refractivity contribution in [3.8, 4) is 39.3 Å². The predicted molar refractivity (Wildman–Crippen MR) is 258 cm³/mol. The van der Waals surface area contributed by atoms with E-state index >= 15 is 0 Å². The number of benzene rings is 9. The summed E-state index contributed by atoms with van der Waals surface area (Å²) in [6, 6.07) is 76.1. The molecule has 0 N–H and O–H groups in total. The van der Waals surface area contributed by atoms with Crippen molar-refractivity contribution in [3.05, 3.63) is 212 Å². The zero-order chi connectivity index (χ0) is 41.2. The number of para-hydroxylation sites is 5. The lowest BCUT2D eigenvalue weighted by Gasteiger charge is -2.13. The summed E-state index contributed by atoms with van der Waals surface area (Å²) in [7, 11) is 0. The fourth-order valence-electron chi connectivity index (χ4n) is 10.1. The smallest absolute Gasteiger partial charge is 0.220 e. The third-order valence-corrected chi connectivity index (χ3v) is 12.9. The summed E-state index contributed by atoms with van der Waals surface area (Å²) in [5, 5.41) is 2.39. The van der Waals surface area contributed by atoms with E-state index in [1.165, 1.54) is 21.9 Å². The molecule has 14 rings (SSSR count). The van der Waals surface area contributed by atoms with E-state index in [1.54, 1.807) is 0 Å². The van der Waals surface area contributed by atoms with Crippen LogP contribution in [0.15, 0.2) is 212 Å². The van der Waals surface area contributed by atoms with E-state index in [-0.39, 0.29) is 0 Å². The highest BCUT2D eigenvalue weighted by atomic mass is 15.2. The second kappa shape index (κ2) is 12.9. The Bertz CT molecular complexity index is 4140. The average Bonchev–Trinajstić information content (AvgIpc) is 4.14. The minimum Gasteiger partial charge on any atom is -0.309 e. The molecule has 7 nitrogen and oxygen atoms in total. The quantitative estimate of drug-likeness (QED) is 0.174. The molecular formula is C56H35N7. The van der Waals surface area contributed by atoms with Crippen LogP contribution in [0.1, 0.15) is 0 Å². The summed E-state index contributed by atoms with van der Waals surface area (Å²) in [4.78, 5) is 10.5. The van der Waals surface area contributed by atoms with Crippen molar-refractivity contribution in [2.75, 3.05) is 0 Å². The van der Waals surface area contributed by atoms with Crippen molar-refractivity contribution in [2.24, 2.45) is 0 Å². The SMILES string of the molecule is c1ccc(-c2ccc3c(c2)n(-c2cccc(-n4c5ccccc5c5ccc(-n6c7cc(-c8ccccc8)ccc7n7c8ccccc8nc67)cc54)c2)c2nc4ccccc4n32)cc1. The van der Waals surface area contributed by atoms with Crippen molar-refractivity contribution in [1.29, 1.82) is 0 Å². The number of hydrogen-bond donors (Lipinski definition) is 0. The van der Waals surface area contributed by atoms with Crippen LogP contribution in [0.5, 0.6) is 0 Å². The molecule has 0 saturated carbocycles. The highest BCUT2D eigenvalue weighted by Gasteiger charge is 2.22. The summed E-state index contributed by atoms with van der Waals surface area (Å²) in [6.45, 7) is 0. The number of hydrogen-bond acceptors (Lipinski definition) is 2. The van der Waals surface area contributed by atoms with Gasteiger partial charge < -0.3 is 4.57 Å². The second-order valence-corrected chi connectivity index (χ2v) is 16.4. The number of rotatable bonds is 5. The van der Waals surface area contributed by atoms with Crippen molar-refractivity contribution in [3.63, 3.8) is 0 Å². The lowest BCUT2D eigenvalue weighted by Crippen LogP contribution is -2.00. The molecule has 0 saturated heterocycles. The fourth-order valence-corrected chi connectivity index (χ4v) is 10.1. The monoisotopic (exact) mass is 805 g/mol. The van der Waals surface area contributed by atoms with E-state index in [1.807, 2.05) is 0 Å². The minimum atomic E-state index is 0.878. The van der Waals surface area contributed by atoms with Crippen LogP contribution in [0.2, 0.25) is 0 Å². The van der Waals surface area contributed by atoms with Gasteiger partial charge in [-0.15, -0.1) is 0 Å². The van der Waals surface area contributed by atoms with Gasteiger partial charge in [0.25, 0.3) is 0 Å². The van der Waals surface area contributed by atoms with E-state index in [4.69, 9.17) is 9.97 Å². The Morgan fingerprint density at radius 2 is 0.730 bits per heavy atom. The van der Waals surface area contributed by atoms with Gasteiger partial charge in [0, 0.05) is 16.5 Å². The molecule has 5 aromatic heterocycles. The average molecular weight is 806 g/mol. The van der Waals surface area contributed by atoms with Gasteiger partial charge in [-0.1, -0.05) is 127 Å². The van der Waals surface area contributed by atoms with Crippen LogP contribution in [0.3, 0.4) is 0 Å². The molecule has 0 spiro atoms. The third kappa shape index (κ3) is 4.90. The zero-order valence-corrected chi connectivity index (χ0v) is 33.8. The first kappa shape index (κ1) is 34.1. The third-order valence-electron chi connectivity index (χ3n) is 12.9. The van der Waals surface area contributed by atoms with Gasteiger partial charge in [-0.25, -0.2) is 9.97 Å². The molecule has 0 aliphatic heterocycles. The molecule has 0 atom stereocenters. The number of aromatic nitrogens is 7. The molecule has 63 heavy (non-hydrogen) atoms. The molecule has 0 radical (unpaired) electrons. The molecule has 0 amide bonds. The van der Waals surface area contributed by atoms with E-state index < -0.39 is 0 Å². The van der Waals surface area contributed by atoms with Crippen molar-refractivity contribution in [2.45, 2.75) is 0 Å². The van der Waals surface area contributed by atoms with Crippen molar-refractivity contribution < 1.29 is 0 Å². The molecule has 5 heterocycles. The van der Waals surface area contributed by atoms with E-state index in [0.29, 0.717) is 0 Å². The first-order valence-corrected chi connectivity index (χ1v) is 21.3. The van der Waals surface area contributed by atoms with Crippen LogP contribution in [-0.4, -0.2) is 32.5 Å². The Morgan fingerprint density at radius 3 is 1.32 bits per heavy atom. The maximum absolute atomic E-state index is 5.27. The van der Waals surface area contributed by atoms with Crippen LogP contribution in [-0.2, 0) is 0 Å². The molecule has 0 fully saturated rings. The molecule has 0 unspecified atom stereocenters. The van der Waals surface area contributed by atoms with Crippen LogP contribution in [0, 0.1) is 0 Å². The van der Waals surface area contributed by atoms with Crippen molar-refractivity contribution >= 4 is 77.5 Å². The Hall–Kier alpha value is -8.68. The molecule has 0 bridgehead atoms. The number of fused-ring (bicyclic) bond motifs is 13. The Balaban J connectivity index is 1.02. The minimum absolute atomic E-state index is 0.878. The van der Waals surface area contributed by atoms with Gasteiger partial charge in [-0.3, -0.25) is 17.9 Å². The largest absolute Gasteiger partial charge is 0.309 e. The number of imidazole rings is 4. The van der Waals surface area contributed by atoms with Crippen LogP contribution in [0.25, 0.3) is 117 Å². The molecule has 0 aliphatic carbocycles. The fraction of sp³-hybridized carbons (Fsp3) is 0. The van der Waals surface area contributed by atoms with Gasteiger partial charge in [0.15, 0.2) is 0 Å². The Morgan fingerprint density at radius 1 is 0.254 bits per heavy atom. The Kier molecular flexibility index (Phi) is 6.98. The topological polar surface area (TPSA) is 49.4 Å². The van der Waals surface area contributed by atoms with Gasteiger partial charge in [-0.2, -0.15) is 0 Å². The summed E-state index contributed by atoms with van der Waals surface area (Å²) < 4.78 is 11.7. The summed E-state index contributed by atoms with van der Waals surface area (Å²) >= 11 is 0.